The van der Waals surface area contributed by atoms with E-state index in [-0.39, 0.29) is 24.2 Å². The standard InChI is InChI=1S/C18H20N2O.ClH/c1-13-7-8-17-16(11-13)15(9-10-19)18(21)20(17)12-14-5-3-2-4-6-14;/h2-8,11,15H,9-10,12,19H2,1H3;1H/p-1. The molecule has 22 heavy (non-hydrogen) atoms. The number of carbonyl (C=O) groups excluding carboxylic acids is 1. The number of nitrogens with zero attached hydrogens (tertiary/aromatic N) is 1. The molecule has 1 amide bonds. The maximum absolute atomic E-state index is 12.7. The van der Waals surface area contributed by atoms with Crippen molar-refractivity contribution in [1.29, 1.82) is 0 Å². The van der Waals surface area contributed by atoms with E-state index in [1.807, 2.05) is 23.1 Å². The van der Waals surface area contributed by atoms with Gasteiger partial charge in [0.25, 0.3) is 0 Å². The first-order chi connectivity index (χ1) is 10.2. The SMILES string of the molecule is Cc1ccc2c(c1)C(CCN)C(=O)N2Cc1ccccc1.[Cl-]. The van der Waals surface area contributed by atoms with E-state index < -0.39 is 0 Å². The van der Waals surface area contributed by atoms with Crippen LogP contribution in [0.15, 0.2) is 48.5 Å². The fourth-order valence-electron chi connectivity index (χ4n) is 3.01. The van der Waals surface area contributed by atoms with Crippen LogP contribution in [-0.2, 0) is 11.3 Å². The first-order valence-corrected chi connectivity index (χ1v) is 7.36. The molecule has 1 unspecified atom stereocenters. The lowest BCUT2D eigenvalue weighted by atomic mass is 9.96. The highest BCUT2D eigenvalue weighted by Crippen LogP contribution is 2.40. The van der Waals surface area contributed by atoms with Gasteiger partial charge in [-0.2, -0.15) is 0 Å². The number of nitrogens with two attached hydrogens (primary N) is 1. The van der Waals surface area contributed by atoms with Crippen LogP contribution in [0.4, 0.5) is 5.69 Å². The predicted molar refractivity (Wildman–Crippen MR) is 85.2 cm³/mol. The lowest BCUT2D eigenvalue weighted by Gasteiger charge is -2.18. The zero-order valence-corrected chi connectivity index (χ0v) is 13.4. The van der Waals surface area contributed by atoms with Crippen LogP contribution >= 0.6 is 0 Å². The van der Waals surface area contributed by atoms with Gasteiger partial charge >= 0.3 is 0 Å². The topological polar surface area (TPSA) is 46.3 Å². The van der Waals surface area contributed by atoms with Gasteiger partial charge in [-0.3, -0.25) is 4.79 Å². The Labute approximate surface area is 137 Å². The van der Waals surface area contributed by atoms with E-state index in [9.17, 15) is 4.79 Å². The van der Waals surface area contributed by atoms with Crippen molar-refractivity contribution in [2.45, 2.75) is 25.8 Å². The molecule has 1 atom stereocenters. The van der Waals surface area contributed by atoms with Crippen LogP contribution < -0.4 is 23.0 Å². The van der Waals surface area contributed by atoms with Crippen LogP contribution in [0.1, 0.15) is 29.0 Å². The van der Waals surface area contributed by atoms with E-state index in [2.05, 4.69) is 37.3 Å². The summed E-state index contributed by atoms with van der Waals surface area (Å²) >= 11 is 0. The number of hydrogen-bond acceptors (Lipinski definition) is 2. The largest absolute Gasteiger partial charge is 1.00 e. The van der Waals surface area contributed by atoms with Gasteiger partial charge in [-0.05, 0) is 37.1 Å². The van der Waals surface area contributed by atoms with E-state index in [1.54, 1.807) is 0 Å². The molecule has 0 saturated carbocycles. The Hall–Kier alpha value is -1.84. The van der Waals surface area contributed by atoms with Crippen LogP contribution in [0, 0.1) is 6.92 Å². The van der Waals surface area contributed by atoms with Gasteiger partial charge in [-0.15, -0.1) is 0 Å². The van der Waals surface area contributed by atoms with Gasteiger partial charge in [0, 0.05) is 5.69 Å². The molecule has 0 radical (unpaired) electrons. The summed E-state index contributed by atoms with van der Waals surface area (Å²) in [6, 6.07) is 16.3. The second kappa shape index (κ2) is 6.95. The third-order valence-electron chi connectivity index (χ3n) is 4.05. The molecule has 1 aliphatic heterocycles. The highest BCUT2D eigenvalue weighted by atomic mass is 35.5. The number of rotatable bonds is 4. The number of benzene rings is 2. The average molecular weight is 316 g/mol. The molecule has 2 aromatic rings. The number of carbonyl (C=O) groups is 1. The Kier molecular flexibility index (Phi) is 5.22. The van der Waals surface area contributed by atoms with Gasteiger partial charge in [0.05, 0.1) is 12.5 Å². The molecule has 1 aliphatic rings. The molecule has 0 spiro atoms. The molecule has 116 valence electrons. The van der Waals surface area contributed by atoms with Gasteiger partial charge in [0.1, 0.15) is 0 Å². The van der Waals surface area contributed by atoms with Crippen molar-refractivity contribution in [3.63, 3.8) is 0 Å². The first-order valence-electron chi connectivity index (χ1n) is 7.36. The van der Waals surface area contributed by atoms with E-state index in [4.69, 9.17) is 5.73 Å². The minimum Gasteiger partial charge on any atom is -1.00 e. The quantitative estimate of drug-likeness (QED) is 0.862. The Morgan fingerprint density at radius 3 is 2.55 bits per heavy atom. The monoisotopic (exact) mass is 315 g/mol. The molecule has 1 heterocycles. The molecule has 0 saturated heterocycles. The number of aryl methyl sites for hydroxylation is 1. The molecular formula is C18H20ClN2O-. The minimum absolute atomic E-state index is 0. The summed E-state index contributed by atoms with van der Waals surface area (Å²) in [6.45, 7) is 3.21. The lowest BCUT2D eigenvalue weighted by Crippen LogP contribution is -3.00. The molecule has 2 aromatic carbocycles. The normalized spacial score (nSPS) is 16.4. The van der Waals surface area contributed by atoms with E-state index >= 15 is 0 Å². The van der Waals surface area contributed by atoms with Crippen molar-refractivity contribution in [1.82, 2.24) is 0 Å². The summed E-state index contributed by atoms with van der Waals surface area (Å²) in [5.41, 5.74) is 10.2. The summed E-state index contributed by atoms with van der Waals surface area (Å²) < 4.78 is 0. The zero-order valence-electron chi connectivity index (χ0n) is 12.6. The van der Waals surface area contributed by atoms with Crippen molar-refractivity contribution < 1.29 is 17.2 Å². The third-order valence-corrected chi connectivity index (χ3v) is 4.05. The summed E-state index contributed by atoms with van der Waals surface area (Å²) in [6.07, 6.45) is 0.709. The fourth-order valence-corrected chi connectivity index (χ4v) is 3.01. The van der Waals surface area contributed by atoms with Gasteiger partial charge in [0.15, 0.2) is 0 Å². The molecule has 0 aliphatic carbocycles. The summed E-state index contributed by atoms with van der Waals surface area (Å²) in [5, 5.41) is 0. The maximum atomic E-state index is 12.7. The Morgan fingerprint density at radius 1 is 1.14 bits per heavy atom. The molecular weight excluding hydrogens is 296 g/mol. The number of hydrogen-bond donors (Lipinski definition) is 1. The predicted octanol–water partition coefficient (Wildman–Crippen LogP) is -0.0218. The van der Waals surface area contributed by atoms with E-state index in [1.165, 1.54) is 5.56 Å². The lowest BCUT2D eigenvalue weighted by molar-refractivity contribution is -0.119. The Bertz CT molecular complexity index is 657. The van der Waals surface area contributed by atoms with Gasteiger partial charge in [-0.25, -0.2) is 0 Å². The maximum Gasteiger partial charge on any atom is 0.234 e. The molecule has 0 bridgehead atoms. The van der Waals surface area contributed by atoms with Gasteiger partial charge in [0.2, 0.25) is 5.91 Å². The van der Waals surface area contributed by atoms with Gasteiger partial charge < -0.3 is 23.0 Å². The van der Waals surface area contributed by atoms with Crippen molar-refractivity contribution in [2.75, 3.05) is 11.4 Å². The van der Waals surface area contributed by atoms with Gasteiger partial charge in [-0.1, -0.05) is 48.0 Å². The zero-order chi connectivity index (χ0) is 14.8. The molecule has 2 N–H and O–H groups in total. The van der Waals surface area contributed by atoms with Crippen LogP contribution in [0.2, 0.25) is 0 Å². The van der Waals surface area contributed by atoms with Crippen molar-refractivity contribution >= 4 is 11.6 Å². The third kappa shape index (κ3) is 3.01. The second-order valence-electron chi connectivity index (χ2n) is 5.60. The number of amides is 1. The number of fused-ring (bicyclic) bond motifs is 1. The number of halogens is 1. The molecule has 3 nitrogen and oxygen atoms in total. The van der Waals surface area contributed by atoms with Crippen molar-refractivity contribution in [3.8, 4) is 0 Å². The Morgan fingerprint density at radius 2 is 1.86 bits per heavy atom. The Balaban J connectivity index is 0.00000176. The summed E-state index contributed by atoms with van der Waals surface area (Å²) in [4.78, 5) is 14.6. The average Bonchev–Trinajstić information content (AvgIpc) is 2.74. The molecule has 0 fully saturated rings. The first kappa shape index (κ1) is 16.5. The van der Waals surface area contributed by atoms with E-state index in [0.717, 1.165) is 16.8 Å². The summed E-state index contributed by atoms with van der Waals surface area (Å²) in [7, 11) is 0. The fraction of sp³-hybridized carbons (Fsp3) is 0.278. The van der Waals surface area contributed by atoms with Crippen molar-refractivity contribution in [2.24, 2.45) is 5.73 Å². The minimum atomic E-state index is -0.0892. The smallest absolute Gasteiger partial charge is 0.234 e. The highest BCUT2D eigenvalue weighted by molar-refractivity contribution is 6.04. The van der Waals surface area contributed by atoms with Crippen molar-refractivity contribution in [3.05, 3.63) is 65.2 Å². The van der Waals surface area contributed by atoms with Crippen LogP contribution in [0.3, 0.4) is 0 Å². The second-order valence-corrected chi connectivity index (χ2v) is 5.60. The summed E-state index contributed by atoms with van der Waals surface area (Å²) in [5.74, 6) is 0.0820. The highest BCUT2D eigenvalue weighted by Gasteiger charge is 2.36. The number of anilines is 1. The molecule has 4 heteroatoms. The van der Waals surface area contributed by atoms with Crippen LogP contribution in [0.25, 0.3) is 0 Å². The van der Waals surface area contributed by atoms with Crippen LogP contribution in [0.5, 0.6) is 0 Å². The van der Waals surface area contributed by atoms with Crippen LogP contribution in [-0.4, -0.2) is 12.5 Å². The van der Waals surface area contributed by atoms with E-state index in [0.29, 0.717) is 19.5 Å². The molecule has 3 rings (SSSR count). The molecule has 0 aromatic heterocycles.